The largest absolute Gasteiger partial charge is 0.493 e. The number of rotatable bonds is 7. The minimum atomic E-state index is -1.13. The van der Waals surface area contributed by atoms with Crippen LogP contribution in [0.1, 0.15) is 5.56 Å². The molecule has 0 bridgehead atoms. The Morgan fingerprint density at radius 1 is 1.25 bits per heavy atom. The monoisotopic (exact) mass is 420 g/mol. The average molecular weight is 421 g/mol. The molecule has 0 saturated heterocycles. The molecule has 0 aliphatic carbocycles. The number of carboxylic acids is 1. The summed E-state index contributed by atoms with van der Waals surface area (Å²) in [6.07, 6.45) is 1.34. The van der Waals surface area contributed by atoms with Crippen molar-refractivity contribution >= 4 is 46.8 Å². The van der Waals surface area contributed by atoms with Gasteiger partial charge >= 0.3 is 5.97 Å². The highest BCUT2D eigenvalue weighted by molar-refractivity contribution is 6.44. The van der Waals surface area contributed by atoms with Crippen molar-refractivity contribution in [1.29, 1.82) is 5.26 Å². The highest BCUT2D eigenvalue weighted by Crippen LogP contribution is 2.31. The van der Waals surface area contributed by atoms with Gasteiger partial charge in [-0.25, -0.2) is 4.79 Å². The number of hydrogen-bond acceptors (Lipinski definition) is 5. The molecule has 0 aliphatic heterocycles. The number of anilines is 1. The molecule has 9 heteroatoms. The van der Waals surface area contributed by atoms with Gasteiger partial charge in [0, 0.05) is 0 Å². The molecule has 0 fully saturated rings. The van der Waals surface area contributed by atoms with E-state index in [9.17, 15) is 14.9 Å². The van der Waals surface area contributed by atoms with E-state index in [0.717, 1.165) is 0 Å². The summed E-state index contributed by atoms with van der Waals surface area (Å²) in [4.78, 5) is 23.0. The molecule has 0 aromatic heterocycles. The minimum Gasteiger partial charge on any atom is -0.493 e. The lowest BCUT2D eigenvalue weighted by Gasteiger charge is -2.10. The summed E-state index contributed by atoms with van der Waals surface area (Å²) in [5.41, 5.74) is 0.566. The summed E-state index contributed by atoms with van der Waals surface area (Å²) < 4.78 is 10.3. The van der Waals surface area contributed by atoms with E-state index in [-0.39, 0.29) is 32.8 Å². The highest BCUT2D eigenvalue weighted by atomic mass is 35.5. The van der Waals surface area contributed by atoms with E-state index >= 15 is 0 Å². The van der Waals surface area contributed by atoms with E-state index in [0.29, 0.717) is 5.56 Å². The van der Waals surface area contributed by atoms with Crippen LogP contribution < -0.4 is 14.8 Å². The fourth-order valence-electron chi connectivity index (χ4n) is 2.14. The number of carbonyl (C=O) groups excluding carboxylic acids is 1. The average Bonchev–Trinajstić information content (AvgIpc) is 2.68. The number of carboxylic acid groups (broad SMARTS) is 1. The van der Waals surface area contributed by atoms with E-state index in [2.05, 4.69) is 5.32 Å². The Bertz CT molecular complexity index is 983. The van der Waals surface area contributed by atoms with E-state index in [1.165, 1.54) is 25.3 Å². The van der Waals surface area contributed by atoms with Crippen molar-refractivity contribution in [2.75, 3.05) is 19.0 Å². The molecule has 1 amide bonds. The molecule has 0 aliphatic rings. The minimum absolute atomic E-state index is 0.163. The number of hydrogen-bond donors (Lipinski definition) is 2. The first kappa shape index (κ1) is 21.1. The molecule has 0 atom stereocenters. The summed E-state index contributed by atoms with van der Waals surface area (Å²) in [6, 6.07) is 11.1. The number of ether oxygens (including phenoxy) is 2. The van der Waals surface area contributed by atoms with Crippen molar-refractivity contribution in [3.63, 3.8) is 0 Å². The molecule has 0 saturated carbocycles. The fourth-order valence-corrected chi connectivity index (χ4v) is 2.49. The van der Waals surface area contributed by atoms with Crippen molar-refractivity contribution < 1.29 is 24.2 Å². The molecule has 28 heavy (non-hydrogen) atoms. The van der Waals surface area contributed by atoms with Gasteiger partial charge in [-0.2, -0.15) is 5.26 Å². The summed E-state index contributed by atoms with van der Waals surface area (Å²) >= 11 is 11.9. The molecular formula is C19H14Cl2N2O5. The van der Waals surface area contributed by atoms with Crippen LogP contribution in [-0.2, 0) is 9.59 Å². The Kier molecular flexibility index (Phi) is 7.27. The van der Waals surface area contributed by atoms with Gasteiger partial charge in [-0.15, -0.1) is 0 Å². The van der Waals surface area contributed by atoms with Crippen LogP contribution in [0.2, 0.25) is 10.0 Å². The van der Waals surface area contributed by atoms with E-state index in [1.807, 2.05) is 6.07 Å². The molecule has 7 nitrogen and oxygen atoms in total. The van der Waals surface area contributed by atoms with Crippen molar-refractivity contribution in [2.24, 2.45) is 0 Å². The van der Waals surface area contributed by atoms with Gasteiger partial charge in [0.1, 0.15) is 11.6 Å². The number of nitrogens with one attached hydrogen (secondary N) is 1. The highest BCUT2D eigenvalue weighted by Gasteiger charge is 2.14. The number of benzene rings is 2. The van der Waals surface area contributed by atoms with Gasteiger partial charge in [-0.3, -0.25) is 4.79 Å². The number of methoxy groups -OCH3 is 1. The third kappa shape index (κ3) is 5.39. The van der Waals surface area contributed by atoms with Gasteiger partial charge in [-0.05, 0) is 35.9 Å². The number of amides is 1. The molecule has 0 heterocycles. The smallest absolute Gasteiger partial charge is 0.341 e. The van der Waals surface area contributed by atoms with Crippen molar-refractivity contribution in [1.82, 2.24) is 0 Å². The van der Waals surface area contributed by atoms with Crippen LogP contribution in [0.25, 0.3) is 6.08 Å². The predicted octanol–water partition coefficient (Wildman–Crippen LogP) is 4.01. The Labute approximate surface area is 170 Å². The van der Waals surface area contributed by atoms with Crippen LogP contribution in [0.3, 0.4) is 0 Å². The quantitative estimate of drug-likeness (QED) is 0.517. The molecule has 0 radical (unpaired) electrons. The van der Waals surface area contributed by atoms with Crippen molar-refractivity contribution in [3.05, 3.63) is 57.6 Å². The third-order valence-corrected chi connectivity index (χ3v) is 4.23. The molecular weight excluding hydrogens is 407 g/mol. The molecule has 0 unspecified atom stereocenters. The molecule has 144 valence electrons. The predicted molar refractivity (Wildman–Crippen MR) is 105 cm³/mol. The van der Waals surface area contributed by atoms with Gasteiger partial charge in [0.15, 0.2) is 18.1 Å². The zero-order valence-electron chi connectivity index (χ0n) is 14.5. The first-order chi connectivity index (χ1) is 13.3. The third-order valence-electron chi connectivity index (χ3n) is 3.41. The van der Waals surface area contributed by atoms with Crippen molar-refractivity contribution in [3.8, 4) is 17.6 Å². The number of nitriles is 1. The second-order valence-electron chi connectivity index (χ2n) is 5.32. The van der Waals surface area contributed by atoms with Gasteiger partial charge in [-0.1, -0.05) is 35.3 Å². The van der Waals surface area contributed by atoms with Crippen LogP contribution in [0, 0.1) is 11.3 Å². The van der Waals surface area contributed by atoms with Crippen LogP contribution in [-0.4, -0.2) is 30.7 Å². The standard InChI is InChI=1S/C19H14Cl2N2O5/c1-27-16-8-11(5-6-15(16)28-10-17(24)25)7-12(9-22)19(26)23-14-4-2-3-13(20)18(14)21/h2-8H,10H2,1H3,(H,23,26)(H,24,25)/b12-7-. The second kappa shape index (κ2) is 9.65. The zero-order valence-corrected chi connectivity index (χ0v) is 16.0. The summed E-state index contributed by atoms with van der Waals surface area (Å²) in [7, 11) is 1.38. The maximum Gasteiger partial charge on any atom is 0.341 e. The first-order valence-corrected chi connectivity index (χ1v) is 8.51. The SMILES string of the molecule is COc1cc(/C=C(/C#N)C(=O)Nc2cccc(Cl)c2Cl)ccc1OCC(=O)O. The zero-order chi connectivity index (χ0) is 20.7. The topological polar surface area (TPSA) is 109 Å². The lowest BCUT2D eigenvalue weighted by molar-refractivity contribution is -0.139. The molecule has 2 aromatic carbocycles. The number of carbonyl (C=O) groups is 2. The molecule has 2 N–H and O–H groups in total. The summed E-state index contributed by atoms with van der Waals surface area (Å²) in [5.74, 6) is -1.33. The second-order valence-corrected chi connectivity index (χ2v) is 6.10. The Hall–Kier alpha value is -3.21. The van der Waals surface area contributed by atoms with E-state index in [4.69, 9.17) is 37.8 Å². The lowest BCUT2D eigenvalue weighted by Crippen LogP contribution is -2.13. The van der Waals surface area contributed by atoms with Gasteiger partial charge in [0.25, 0.3) is 5.91 Å². The van der Waals surface area contributed by atoms with Gasteiger partial charge in [0.05, 0.1) is 22.8 Å². The number of nitrogens with zero attached hydrogens (tertiary/aromatic N) is 1. The summed E-state index contributed by atoms with van der Waals surface area (Å²) in [6.45, 7) is -0.530. The maximum absolute atomic E-state index is 12.4. The van der Waals surface area contributed by atoms with Crippen LogP contribution in [0.4, 0.5) is 5.69 Å². The number of halogens is 2. The Morgan fingerprint density at radius 3 is 2.64 bits per heavy atom. The Balaban J connectivity index is 2.25. The van der Waals surface area contributed by atoms with Gasteiger partial charge in [0.2, 0.25) is 0 Å². The molecule has 2 aromatic rings. The normalized spacial score (nSPS) is 10.7. The van der Waals surface area contributed by atoms with E-state index < -0.39 is 18.5 Å². The lowest BCUT2D eigenvalue weighted by atomic mass is 10.1. The number of aliphatic carboxylic acids is 1. The van der Waals surface area contributed by atoms with E-state index in [1.54, 1.807) is 24.3 Å². The molecule has 0 spiro atoms. The summed E-state index contributed by atoms with van der Waals surface area (Å²) in [5, 5.41) is 21.0. The maximum atomic E-state index is 12.4. The van der Waals surface area contributed by atoms with Crippen LogP contribution in [0.15, 0.2) is 42.0 Å². The first-order valence-electron chi connectivity index (χ1n) is 7.75. The van der Waals surface area contributed by atoms with Crippen LogP contribution in [0.5, 0.6) is 11.5 Å². The van der Waals surface area contributed by atoms with Gasteiger partial charge < -0.3 is 19.9 Å². The van der Waals surface area contributed by atoms with Crippen LogP contribution >= 0.6 is 23.2 Å². The fraction of sp³-hybridized carbons (Fsp3) is 0.105. The Morgan fingerprint density at radius 2 is 2.00 bits per heavy atom. The van der Waals surface area contributed by atoms with Crippen molar-refractivity contribution in [2.45, 2.75) is 0 Å². The molecule has 2 rings (SSSR count).